The minimum absolute atomic E-state index is 0.0561. The van der Waals surface area contributed by atoms with Crippen LogP contribution in [0.3, 0.4) is 0 Å². The fourth-order valence-corrected chi connectivity index (χ4v) is 2.31. The van der Waals surface area contributed by atoms with E-state index in [-0.39, 0.29) is 35.0 Å². The molecule has 0 radical (unpaired) electrons. The summed E-state index contributed by atoms with van der Waals surface area (Å²) in [4.78, 5) is 12.1. The number of Topliss-reactive ketones (excluding diaryl/α,β-unsaturated/α-hetero) is 1. The molecule has 2 aromatic carbocycles. The molecule has 1 aliphatic rings. The van der Waals surface area contributed by atoms with E-state index in [1.807, 2.05) is 0 Å². The first-order valence-corrected chi connectivity index (χ1v) is 6.22. The highest BCUT2D eigenvalue weighted by Crippen LogP contribution is 2.48. The zero-order valence-corrected chi connectivity index (χ0v) is 10.8. The normalized spacial score (nSPS) is 17.1. The first kappa shape index (κ1) is 13.1. The van der Waals surface area contributed by atoms with Crippen molar-refractivity contribution in [1.82, 2.24) is 0 Å². The molecule has 2 aromatic rings. The summed E-state index contributed by atoms with van der Waals surface area (Å²) in [6.07, 6.45) is -1.09. The van der Waals surface area contributed by atoms with Crippen molar-refractivity contribution < 1.29 is 30.0 Å². The van der Waals surface area contributed by atoms with Crippen LogP contribution in [-0.4, -0.2) is 26.2 Å². The summed E-state index contributed by atoms with van der Waals surface area (Å²) < 4.78 is 5.46. The number of rotatable bonds is 1. The SMILES string of the molecule is O=C1Cc2c(O)cc(O)c(O)c2OC1c1ccc(O)cc1. The first-order chi connectivity index (χ1) is 9.97. The lowest BCUT2D eigenvalue weighted by molar-refractivity contribution is -0.126. The standard InChI is InChI=1S/C15H12O6/c16-8-3-1-7(2-4-8)14-12(19)5-9-10(17)6-11(18)13(20)15(9)21-14/h1-4,6,14,16-18,20H,5H2. The summed E-state index contributed by atoms with van der Waals surface area (Å²) in [6, 6.07) is 6.86. The summed E-state index contributed by atoms with van der Waals surface area (Å²) in [5, 5.41) is 38.3. The molecule has 3 rings (SSSR count). The second-order valence-corrected chi connectivity index (χ2v) is 4.80. The Bertz CT molecular complexity index is 720. The van der Waals surface area contributed by atoms with Gasteiger partial charge in [0.2, 0.25) is 5.75 Å². The first-order valence-electron chi connectivity index (χ1n) is 6.22. The monoisotopic (exact) mass is 288 g/mol. The molecule has 1 heterocycles. The van der Waals surface area contributed by atoms with Crippen molar-refractivity contribution in [3.05, 3.63) is 41.5 Å². The number of phenols is 4. The minimum Gasteiger partial charge on any atom is -0.508 e. The van der Waals surface area contributed by atoms with Crippen molar-refractivity contribution in [2.24, 2.45) is 0 Å². The second kappa shape index (κ2) is 4.59. The van der Waals surface area contributed by atoms with Crippen molar-refractivity contribution in [2.45, 2.75) is 12.5 Å². The molecule has 21 heavy (non-hydrogen) atoms. The number of hydrogen-bond donors (Lipinski definition) is 4. The van der Waals surface area contributed by atoms with Crippen molar-refractivity contribution >= 4 is 5.78 Å². The van der Waals surface area contributed by atoms with Gasteiger partial charge in [-0.05, 0) is 12.1 Å². The van der Waals surface area contributed by atoms with Gasteiger partial charge in [0.1, 0.15) is 11.5 Å². The highest BCUT2D eigenvalue weighted by atomic mass is 16.5. The molecule has 0 saturated carbocycles. The predicted octanol–water partition coefficient (Wildman–Crippen LogP) is 1.75. The van der Waals surface area contributed by atoms with Gasteiger partial charge in [-0.3, -0.25) is 4.79 Å². The molecule has 6 heteroatoms. The third kappa shape index (κ3) is 2.10. The maximum Gasteiger partial charge on any atom is 0.201 e. The number of ketones is 1. The molecule has 108 valence electrons. The van der Waals surface area contributed by atoms with Gasteiger partial charge in [-0.15, -0.1) is 0 Å². The molecule has 0 bridgehead atoms. The summed E-state index contributed by atoms with van der Waals surface area (Å²) in [6.45, 7) is 0. The van der Waals surface area contributed by atoms with Gasteiger partial charge < -0.3 is 25.2 Å². The van der Waals surface area contributed by atoms with Gasteiger partial charge >= 0.3 is 0 Å². The van der Waals surface area contributed by atoms with E-state index in [1.54, 1.807) is 0 Å². The predicted molar refractivity (Wildman–Crippen MR) is 71.6 cm³/mol. The van der Waals surface area contributed by atoms with E-state index in [1.165, 1.54) is 24.3 Å². The third-order valence-electron chi connectivity index (χ3n) is 3.39. The minimum atomic E-state index is -0.967. The van der Waals surface area contributed by atoms with Gasteiger partial charge in [0.05, 0.1) is 0 Å². The number of aromatic hydroxyl groups is 4. The van der Waals surface area contributed by atoms with Crippen LogP contribution in [0.15, 0.2) is 30.3 Å². The van der Waals surface area contributed by atoms with Crippen LogP contribution in [0.5, 0.6) is 28.7 Å². The van der Waals surface area contributed by atoms with Gasteiger partial charge in [0, 0.05) is 23.6 Å². The van der Waals surface area contributed by atoms with E-state index < -0.39 is 17.6 Å². The van der Waals surface area contributed by atoms with Crippen LogP contribution < -0.4 is 4.74 Å². The zero-order valence-electron chi connectivity index (χ0n) is 10.8. The van der Waals surface area contributed by atoms with Crippen molar-refractivity contribution in [3.63, 3.8) is 0 Å². The lowest BCUT2D eigenvalue weighted by Gasteiger charge is -2.26. The van der Waals surface area contributed by atoms with Crippen LogP contribution in [0.25, 0.3) is 0 Å². The number of carbonyl (C=O) groups is 1. The Morgan fingerprint density at radius 2 is 1.67 bits per heavy atom. The molecule has 1 atom stereocenters. The molecular formula is C15H12O6. The van der Waals surface area contributed by atoms with Gasteiger partial charge in [-0.1, -0.05) is 12.1 Å². The molecule has 1 unspecified atom stereocenters. The van der Waals surface area contributed by atoms with Crippen molar-refractivity contribution in [3.8, 4) is 28.7 Å². The van der Waals surface area contributed by atoms with Crippen LogP contribution in [0.1, 0.15) is 17.2 Å². The molecule has 0 aliphatic carbocycles. The Kier molecular flexibility index (Phi) is 2.86. The average molecular weight is 288 g/mol. The summed E-state index contributed by atoms with van der Waals surface area (Å²) in [5.41, 5.74) is 0.649. The Labute approximate surface area is 119 Å². The number of carbonyl (C=O) groups excluding carboxylic acids is 1. The van der Waals surface area contributed by atoms with E-state index >= 15 is 0 Å². The summed E-state index contributed by atoms with van der Waals surface area (Å²) >= 11 is 0. The fraction of sp³-hybridized carbons (Fsp3) is 0.133. The van der Waals surface area contributed by atoms with Crippen LogP contribution in [0.2, 0.25) is 0 Å². The molecule has 0 fully saturated rings. The molecule has 0 aromatic heterocycles. The third-order valence-corrected chi connectivity index (χ3v) is 3.39. The van der Waals surface area contributed by atoms with Crippen LogP contribution in [-0.2, 0) is 11.2 Å². The van der Waals surface area contributed by atoms with Crippen LogP contribution in [0.4, 0.5) is 0 Å². The Hall–Kier alpha value is -2.89. The van der Waals surface area contributed by atoms with Gasteiger partial charge in [-0.2, -0.15) is 0 Å². The smallest absolute Gasteiger partial charge is 0.201 e. The average Bonchev–Trinajstić information content (AvgIpc) is 2.46. The molecule has 0 amide bonds. The van der Waals surface area contributed by atoms with Crippen LogP contribution in [0, 0.1) is 0 Å². The molecule has 6 nitrogen and oxygen atoms in total. The number of fused-ring (bicyclic) bond motifs is 1. The van der Waals surface area contributed by atoms with E-state index in [0.717, 1.165) is 6.07 Å². The molecule has 1 aliphatic heterocycles. The maximum absolute atomic E-state index is 12.1. The van der Waals surface area contributed by atoms with Gasteiger partial charge in [0.25, 0.3) is 0 Å². The van der Waals surface area contributed by atoms with E-state index in [2.05, 4.69) is 0 Å². The lowest BCUT2D eigenvalue weighted by atomic mass is 9.95. The Morgan fingerprint density at radius 1 is 1.00 bits per heavy atom. The largest absolute Gasteiger partial charge is 0.508 e. The zero-order chi connectivity index (χ0) is 15.1. The Morgan fingerprint density at radius 3 is 2.33 bits per heavy atom. The number of hydrogen-bond acceptors (Lipinski definition) is 6. The summed E-state index contributed by atoms with van der Waals surface area (Å²) in [7, 11) is 0. The maximum atomic E-state index is 12.1. The number of benzene rings is 2. The summed E-state index contributed by atoms with van der Waals surface area (Å²) in [5.74, 6) is -1.69. The van der Waals surface area contributed by atoms with E-state index in [0.29, 0.717) is 5.56 Å². The molecule has 4 N–H and O–H groups in total. The van der Waals surface area contributed by atoms with Crippen LogP contribution >= 0.6 is 0 Å². The van der Waals surface area contributed by atoms with Gasteiger partial charge in [-0.25, -0.2) is 0 Å². The molecule has 0 saturated heterocycles. The van der Waals surface area contributed by atoms with Crippen molar-refractivity contribution in [1.29, 1.82) is 0 Å². The number of phenolic OH excluding ortho intramolecular Hbond substituents is 4. The molecular weight excluding hydrogens is 276 g/mol. The van der Waals surface area contributed by atoms with E-state index in [9.17, 15) is 25.2 Å². The Balaban J connectivity index is 2.06. The van der Waals surface area contributed by atoms with Gasteiger partial charge in [0.15, 0.2) is 23.4 Å². The number of ether oxygens (including phenoxy) is 1. The highest BCUT2D eigenvalue weighted by Gasteiger charge is 2.34. The topological polar surface area (TPSA) is 107 Å². The highest BCUT2D eigenvalue weighted by molar-refractivity contribution is 5.90. The second-order valence-electron chi connectivity index (χ2n) is 4.80. The molecule has 0 spiro atoms. The van der Waals surface area contributed by atoms with E-state index in [4.69, 9.17) is 4.74 Å². The fourth-order valence-electron chi connectivity index (χ4n) is 2.31. The quantitative estimate of drug-likeness (QED) is 0.470. The van der Waals surface area contributed by atoms with Crippen molar-refractivity contribution in [2.75, 3.05) is 0 Å². The lowest BCUT2D eigenvalue weighted by Crippen LogP contribution is -2.25.